The van der Waals surface area contributed by atoms with Gasteiger partial charge in [-0.1, -0.05) is 23.2 Å². The topological polar surface area (TPSA) is 59.2 Å². The number of nitrogens with zero attached hydrogens (tertiary/aromatic N) is 2. The lowest BCUT2D eigenvalue weighted by Gasteiger charge is -2.18. The van der Waals surface area contributed by atoms with Crippen LogP contribution in [0, 0.1) is 11.8 Å². The number of rotatable bonds is 3. The largest absolute Gasteiger partial charge is 0.342 e. The van der Waals surface area contributed by atoms with Gasteiger partial charge in [-0.25, -0.2) is 4.98 Å². The molecule has 27 heavy (non-hydrogen) atoms. The smallest absolute Gasteiger partial charge is 0.228 e. The Hall–Kier alpha value is -0.560. The molecule has 1 amide bonds. The van der Waals surface area contributed by atoms with E-state index < -0.39 is 0 Å². The van der Waals surface area contributed by atoms with Gasteiger partial charge in [-0.3, -0.25) is 4.79 Å². The summed E-state index contributed by atoms with van der Waals surface area (Å²) in [5.41, 5.74) is 7.79. The van der Waals surface area contributed by atoms with Crippen molar-refractivity contribution in [3.05, 3.63) is 39.3 Å². The highest BCUT2D eigenvalue weighted by atomic mass is 35.5. The Kier molecular flexibility index (Phi) is 7.82. The van der Waals surface area contributed by atoms with Crippen LogP contribution in [0.1, 0.15) is 18.5 Å². The van der Waals surface area contributed by atoms with E-state index >= 15 is 0 Å². The standard InChI is InChI=1S/C18H19Cl2N3OS.2ClH/c19-11-2-3-13(15(20)5-11)18-22-12(9-25-18)6-17(24)23-7-10-1-4-16(21)14(10)8-23;;/h2-3,5,9-10,14,16H,1,4,6-8,21H2;2*1H. The van der Waals surface area contributed by atoms with Crippen molar-refractivity contribution < 1.29 is 4.79 Å². The average molecular weight is 469 g/mol. The molecule has 1 saturated heterocycles. The normalized spacial score (nSPS) is 23.5. The van der Waals surface area contributed by atoms with Crippen LogP contribution in [0.25, 0.3) is 10.6 Å². The van der Waals surface area contributed by atoms with Crippen molar-refractivity contribution in [3.8, 4) is 10.6 Å². The molecule has 4 rings (SSSR count). The molecule has 1 aromatic heterocycles. The number of benzene rings is 1. The van der Waals surface area contributed by atoms with Gasteiger partial charge < -0.3 is 10.6 Å². The second-order valence-corrected chi connectivity index (χ2v) is 8.61. The fourth-order valence-electron chi connectivity index (χ4n) is 3.95. The van der Waals surface area contributed by atoms with Crippen LogP contribution in [0.4, 0.5) is 0 Å². The van der Waals surface area contributed by atoms with Gasteiger partial charge in [-0.05, 0) is 42.9 Å². The summed E-state index contributed by atoms with van der Waals surface area (Å²) >= 11 is 13.7. The van der Waals surface area contributed by atoms with Gasteiger partial charge in [0.15, 0.2) is 0 Å². The fourth-order valence-corrected chi connectivity index (χ4v) is 5.37. The summed E-state index contributed by atoms with van der Waals surface area (Å²) in [6, 6.07) is 5.61. The lowest BCUT2D eigenvalue weighted by atomic mass is 9.98. The van der Waals surface area contributed by atoms with Gasteiger partial charge >= 0.3 is 0 Å². The predicted molar refractivity (Wildman–Crippen MR) is 117 cm³/mol. The van der Waals surface area contributed by atoms with E-state index in [0.717, 1.165) is 42.2 Å². The molecular weight excluding hydrogens is 448 g/mol. The zero-order valence-electron chi connectivity index (χ0n) is 14.4. The number of hydrogen-bond acceptors (Lipinski definition) is 4. The number of carbonyl (C=O) groups excluding carboxylic acids is 1. The maximum atomic E-state index is 12.6. The molecule has 2 aliphatic rings. The maximum absolute atomic E-state index is 12.6. The number of halogens is 4. The van der Waals surface area contributed by atoms with Crippen LogP contribution >= 0.6 is 59.4 Å². The third-order valence-electron chi connectivity index (χ3n) is 5.31. The minimum absolute atomic E-state index is 0. The molecule has 0 radical (unpaired) electrons. The van der Waals surface area contributed by atoms with Gasteiger partial charge in [0.05, 0.1) is 17.1 Å². The molecule has 3 atom stereocenters. The molecule has 3 unspecified atom stereocenters. The zero-order chi connectivity index (χ0) is 17.6. The van der Waals surface area contributed by atoms with E-state index in [1.807, 2.05) is 16.3 Å². The van der Waals surface area contributed by atoms with E-state index in [9.17, 15) is 4.79 Å². The van der Waals surface area contributed by atoms with E-state index in [2.05, 4.69) is 4.98 Å². The summed E-state index contributed by atoms with van der Waals surface area (Å²) in [7, 11) is 0. The van der Waals surface area contributed by atoms with Crippen LogP contribution < -0.4 is 5.73 Å². The monoisotopic (exact) mass is 467 g/mol. The molecule has 2 heterocycles. The molecule has 1 aliphatic carbocycles. The predicted octanol–water partition coefficient (Wildman–Crippen LogP) is 4.70. The highest BCUT2D eigenvalue weighted by Crippen LogP contribution is 2.37. The fraction of sp³-hybridized carbons (Fsp3) is 0.444. The van der Waals surface area contributed by atoms with Crippen molar-refractivity contribution in [3.63, 3.8) is 0 Å². The lowest BCUT2D eigenvalue weighted by Crippen LogP contribution is -2.34. The van der Waals surface area contributed by atoms with Gasteiger partial charge in [0, 0.05) is 35.1 Å². The second-order valence-electron chi connectivity index (χ2n) is 6.91. The molecule has 4 nitrogen and oxygen atoms in total. The van der Waals surface area contributed by atoms with Crippen LogP contribution in [0.2, 0.25) is 10.0 Å². The zero-order valence-corrected chi connectivity index (χ0v) is 18.4. The molecule has 2 N–H and O–H groups in total. The quantitative estimate of drug-likeness (QED) is 0.710. The summed E-state index contributed by atoms with van der Waals surface area (Å²) in [6.45, 7) is 1.64. The summed E-state index contributed by atoms with van der Waals surface area (Å²) in [5.74, 6) is 1.20. The summed E-state index contributed by atoms with van der Waals surface area (Å²) < 4.78 is 0. The summed E-state index contributed by atoms with van der Waals surface area (Å²) in [4.78, 5) is 19.2. The first-order valence-electron chi connectivity index (χ1n) is 8.44. The molecule has 148 valence electrons. The van der Waals surface area contributed by atoms with Gasteiger partial charge in [-0.2, -0.15) is 0 Å². The van der Waals surface area contributed by atoms with E-state index in [-0.39, 0.29) is 36.8 Å². The highest BCUT2D eigenvalue weighted by molar-refractivity contribution is 7.13. The third-order valence-corrected chi connectivity index (χ3v) is 6.78. The Balaban J connectivity index is 0.00000131. The summed E-state index contributed by atoms with van der Waals surface area (Å²) in [6.07, 6.45) is 2.57. The minimum atomic E-state index is 0. The Bertz CT molecular complexity index is 816. The Morgan fingerprint density at radius 3 is 2.74 bits per heavy atom. The molecule has 2 aromatic rings. The first-order chi connectivity index (χ1) is 12.0. The van der Waals surface area contributed by atoms with Crippen molar-refractivity contribution in [2.75, 3.05) is 13.1 Å². The van der Waals surface area contributed by atoms with Gasteiger partial charge in [-0.15, -0.1) is 36.2 Å². The van der Waals surface area contributed by atoms with Crippen molar-refractivity contribution >= 4 is 65.3 Å². The number of aromatic nitrogens is 1. The number of thiazole rings is 1. The van der Waals surface area contributed by atoms with E-state index in [1.165, 1.54) is 11.3 Å². The molecular formula is C18H21Cl4N3OS. The molecule has 2 fully saturated rings. The van der Waals surface area contributed by atoms with Crippen LogP contribution in [0.15, 0.2) is 23.6 Å². The average Bonchev–Trinajstić information content (AvgIpc) is 3.25. The number of carbonyl (C=O) groups is 1. The maximum Gasteiger partial charge on any atom is 0.228 e. The number of fused-ring (bicyclic) bond motifs is 1. The van der Waals surface area contributed by atoms with Gasteiger partial charge in [0.25, 0.3) is 0 Å². The van der Waals surface area contributed by atoms with Gasteiger partial charge in [0.1, 0.15) is 5.01 Å². The van der Waals surface area contributed by atoms with Crippen molar-refractivity contribution in [1.29, 1.82) is 0 Å². The molecule has 1 aliphatic heterocycles. The van der Waals surface area contributed by atoms with Gasteiger partial charge in [0.2, 0.25) is 5.91 Å². The first kappa shape index (κ1) is 22.7. The molecule has 1 saturated carbocycles. The number of likely N-dealkylation sites (tertiary alicyclic amines) is 1. The van der Waals surface area contributed by atoms with Crippen molar-refractivity contribution in [2.24, 2.45) is 17.6 Å². The molecule has 0 spiro atoms. The number of nitrogens with two attached hydrogens (primary N) is 1. The third kappa shape index (κ3) is 4.72. The van der Waals surface area contributed by atoms with Crippen LogP contribution in [0.5, 0.6) is 0 Å². The lowest BCUT2D eigenvalue weighted by molar-refractivity contribution is -0.129. The van der Waals surface area contributed by atoms with Crippen LogP contribution in [-0.4, -0.2) is 34.9 Å². The minimum Gasteiger partial charge on any atom is -0.342 e. The van der Waals surface area contributed by atoms with E-state index in [4.69, 9.17) is 28.9 Å². The van der Waals surface area contributed by atoms with E-state index in [0.29, 0.717) is 28.3 Å². The van der Waals surface area contributed by atoms with E-state index in [1.54, 1.807) is 12.1 Å². The Morgan fingerprint density at radius 1 is 1.26 bits per heavy atom. The van der Waals surface area contributed by atoms with Crippen LogP contribution in [-0.2, 0) is 11.2 Å². The number of hydrogen-bond donors (Lipinski definition) is 1. The second kappa shape index (κ2) is 9.29. The molecule has 0 bridgehead atoms. The SMILES string of the molecule is Cl.Cl.NC1CCC2CN(C(=O)Cc3csc(-c4ccc(Cl)cc4Cl)n3)CC12. The Morgan fingerprint density at radius 2 is 2.04 bits per heavy atom. The molecule has 1 aromatic carbocycles. The van der Waals surface area contributed by atoms with Crippen molar-refractivity contribution in [2.45, 2.75) is 25.3 Å². The van der Waals surface area contributed by atoms with Crippen LogP contribution in [0.3, 0.4) is 0 Å². The number of amides is 1. The molecule has 9 heteroatoms. The highest BCUT2D eigenvalue weighted by Gasteiger charge is 2.42. The Labute approximate surface area is 185 Å². The van der Waals surface area contributed by atoms with Crippen molar-refractivity contribution in [1.82, 2.24) is 9.88 Å². The summed E-state index contributed by atoms with van der Waals surface area (Å²) in [5, 5.41) is 3.91. The first-order valence-corrected chi connectivity index (χ1v) is 10.1.